The van der Waals surface area contributed by atoms with E-state index < -0.39 is 36.1 Å². The number of esters is 2. The van der Waals surface area contributed by atoms with Gasteiger partial charge in [-0.3, -0.25) is 4.90 Å². The number of carbonyl (C=O) groups is 4. The summed E-state index contributed by atoms with van der Waals surface area (Å²) >= 11 is 0. The predicted octanol–water partition coefficient (Wildman–Crippen LogP) is 4.84. The van der Waals surface area contributed by atoms with Crippen molar-refractivity contribution in [3.63, 3.8) is 0 Å². The first-order valence-electron chi connectivity index (χ1n) is 14.1. The van der Waals surface area contributed by atoms with Gasteiger partial charge >= 0.3 is 23.9 Å². The monoisotopic (exact) mass is 611 g/mol. The molecule has 3 atom stereocenters. The number of nitrogens with zero attached hydrogens (tertiary/aromatic N) is 1. The van der Waals surface area contributed by atoms with Crippen LogP contribution in [0.4, 0.5) is 0 Å². The van der Waals surface area contributed by atoms with E-state index in [1.165, 1.54) is 65.2 Å². The Balaban J connectivity index is 0.000000214. The van der Waals surface area contributed by atoms with E-state index in [1.807, 2.05) is 6.07 Å². The number of hydrogen-bond donors (Lipinski definition) is 2. The zero-order chi connectivity index (χ0) is 32.2. The summed E-state index contributed by atoms with van der Waals surface area (Å²) in [6.45, 7) is 2.73. The van der Waals surface area contributed by atoms with Gasteiger partial charge in [-0.1, -0.05) is 91.0 Å². The number of fused-ring (bicyclic) bond motifs is 1. The summed E-state index contributed by atoms with van der Waals surface area (Å²) in [5, 5.41) is 18.5. The minimum atomic E-state index is -2.21. The number of aliphatic carboxylic acids is 2. The summed E-state index contributed by atoms with van der Waals surface area (Å²) in [7, 11) is 2.14. The summed E-state index contributed by atoms with van der Waals surface area (Å²) in [4.78, 5) is 49.1. The summed E-state index contributed by atoms with van der Waals surface area (Å²) in [5.74, 6) is -5.63. The summed E-state index contributed by atoms with van der Waals surface area (Å²) < 4.78 is 15.6. The molecule has 0 saturated carbocycles. The molecule has 0 bridgehead atoms. The maximum absolute atomic E-state index is 12.0. The first-order valence-corrected chi connectivity index (χ1v) is 14.1. The van der Waals surface area contributed by atoms with Crippen LogP contribution in [0.25, 0.3) is 0 Å². The fourth-order valence-corrected chi connectivity index (χ4v) is 4.62. The fourth-order valence-electron chi connectivity index (χ4n) is 4.62. The Morgan fingerprint density at radius 2 is 1.13 bits per heavy atom. The number of carboxylic acids is 2. The van der Waals surface area contributed by atoms with Crippen molar-refractivity contribution in [3.8, 4) is 0 Å². The molecule has 5 rings (SSSR count). The van der Waals surface area contributed by atoms with E-state index in [0.717, 1.165) is 19.7 Å². The van der Waals surface area contributed by atoms with Gasteiger partial charge in [0.05, 0.1) is 17.7 Å². The highest BCUT2D eigenvalue weighted by atomic mass is 16.6. The van der Waals surface area contributed by atoms with Gasteiger partial charge in [0.1, 0.15) is 6.10 Å². The van der Waals surface area contributed by atoms with Crippen LogP contribution >= 0.6 is 0 Å². The van der Waals surface area contributed by atoms with Crippen LogP contribution < -0.4 is 0 Å². The fraction of sp³-hybridized carbons (Fsp3) is 0.200. The van der Waals surface area contributed by atoms with E-state index >= 15 is 0 Å². The van der Waals surface area contributed by atoms with Crippen molar-refractivity contribution in [2.45, 2.75) is 24.9 Å². The first-order chi connectivity index (χ1) is 21.7. The van der Waals surface area contributed by atoms with Crippen LogP contribution in [-0.2, 0) is 30.3 Å². The van der Waals surface area contributed by atoms with Gasteiger partial charge in [-0.15, -0.1) is 0 Å². The van der Waals surface area contributed by atoms with Gasteiger partial charge in [0, 0.05) is 13.1 Å². The van der Waals surface area contributed by atoms with Crippen LogP contribution in [0.3, 0.4) is 0 Å². The molecule has 2 N–H and O–H groups in total. The van der Waals surface area contributed by atoms with Crippen LogP contribution in [-0.4, -0.2) is 71.4 Å². The second kappa shape index (κ2) is 15.9. The molecule has 4 aromatic carbocycles. The van der Waals surface area contributed by atoms with Crippen molar-refractivity contribution in [2.24, 2.45) is 0 Å². The molecule has 0 amide bonds. The smallest absolute Gasteiger partial charge is 0.349 e. The van der Waals surface area contributed by atoms with Crippen molar-refractivity contribution >= 4 is 23.9 Å². The largest absolute Gasteiger partial charge is 0.478 e. The van der Waals surface area contributed by atoms with E-state index in [1.54, 1.807) is 12.1 Å². The number of carbonyl (C=O) groups excluding carboxylic acids is 2. The molecule has 232 valence electrons. The van der Waals surface area contributed by atoms with Crippen molar-refractivity contribution in [1.82, 2.24) is 4.90 Å². The Morgan fingerprint density at radius 1 is 0.689 bits per heavy atom. The third-order valence-electron chi connectivity index (χ3n) is 6.89. The molecule has 4 aromatic rings. The number of benzene rings is 4. The highest BCUT2D eigenvalue weighted by Gasteiger charge is 2.41. The van der Waals surface area contributed by atoms with Crippen LogP contribution in [0.2, 0.25) is 0 Å². The Labute approximate surface area is 260 Å². The van der Waals surface area contributed by atoms with Crippen molar-refractivity contribution in [2.75, 3.05) is 20.2 Å². The lowest BCUT2D eigenvalue weighted by atomic mass is 9.96. The molecule has 0 spiro atoms. The molecule has 10 heteroatoms. The van der Waals surface area contributed by atoms with Crippen LogP contribution in [0.5, 0.6) is 0 Å². The third-order valence-corrected chi connectivity index (χ3v) is 6.89. The second-order valence-corrected chi connectivity index (χ2v) is 10.2. The lowest BCUT2D eigenvalue weighted by Crippen LogP contribution is -2.45. The van der Waals surface area contributed by atoms with Gasteiger partial charge in [-0.2, -0.15) is 0 Å². The summed E-state index contributed by atoms with van der Waals surface area (Å²) in [6.07, 6.45) is -4.37. The Hall–Kier alpha value is -5.32. The molecule has 0 aliphatic carbocycles. The molecule has 0 radical (unpaired) electrons. The molecule has 1 aliphatic rings. The predicted molar refractivity (Wildman–Crippen MR) is 164 cm³/mol. The molecule has 0 fully saturated rings. The maximum atomic E-state index is 12.0. The number of carboxylic acid groups (broad SMARTS) is 2. The molecule has 10 nitrogen and oxygen atoms in total. The molecule has 1 aliphatic heterocycles. The average Bonchev–Trinajstić information content (AvgIpc) is 3.05. The molecule has 0 saturated heterocycles. The molecule has 1 heterocycles. The quantitative estimate of drug-likeness (QED) is 0.266. The van der Waals surface area contributed by atoms with E-state index in [4.69, 9.17) is 14.2 Å². The van der Waals surface area contributed by atoms with E-state index in [9.17, 15) is 29.4 Å². The van der Waals surface area contributed by atoms with Gasteiger partial charge in [0.15, 0.2) is 0 Å². The normalized spacial score (nSPS) is 15.8. The third kappa shape index (κ3) is 9.09. The maximum Gasteiger partial charge on any atom is 0.349 e. The van der Waals surface area contributed by atoms with Crippen molar-refractivity contribution < 1.29 is 43.6 Å². The van der Waals surface area contributed by atoms with E-state index in [0.29, 0.717) is 0 Å². The molecular weight excluding hydrogens is 578 g/mol. The topological polar surface area (TPSA) is 140 Å². The number of rotatable bonds is 8. The van der Waals surface area contributed by atoms with Crippen LogP contribution in [0.1, 0.15) is 43.5 Å². The van der Waals surface area contributed by atoms with Crippen molar-refractivity contribution in [1.29, 1.82) is 0 Å². The number of likely N-dealkylation sites (N-methyl/N-ethyl adjacent to an activating group) is 1. The van der Waals surface area contributed by atoms with Gasteiger partial charge in [0.2, 0.25) is 12.2 Å². The molecule has 45 heavy (non-hydrogen) atoms. The lowest BCUT2D eigenvalue weighted by molar-refractivity contribution is -0.166. The van der Waals surface area contributed by atoms with Crippen LogP contribution in [0.15, 0.2) is 115 Å². The zero-order valence-electron chi connectivity index (χ0n) is 24.5. The number of hydrogen-bond acceptors (Lipinski definition) is 8. The van der Waals surface area contributed by atoms with Crippen molar-refractivity contribution in [3.05, 3.63) is 143 Å². The van der Waals surface area contributed by atoms with E-state index in [-0.39, 0.29) is 17.2 Å². The Kier molecular flexibility index (Phi) is 11.6. The zero-order valence-corrected chi connectivity index (χ0v) is 24.5. The summed E-state index contributed by atoms with van der Waals surface area (Å²) in [6, 6.07) is 33.9. The Bertz CT molecular complexity index is 1510. The highest BCUT2D eigenvalue weighted by Crippen LogP contribution is 2.30. The standard InChI is InChI=1S/C18H14O8.C17H19NO/c19-15(20)13(25-17(23)11-7-3-1-4-8-11)14(16(21)22)26-18(24)12-9-5-2-6-10-12;1-18-11-12-19-17(14-7-3-2-4-8-14)16-10-6-5-9-15(16)13-18/h1-10,13-14H,(H,19,20)(H,21,22);2-10,17H,11-13H2,1H3/t13-,14-;17-/m00/s1. The second-order valence-electron chi connectivity index (χ2n) is 10.2. The highest BCUT2D eigenvalue weighted by molar-refractivity contribution is 5.95. The van der Waals surface area contributed by atoms with Crippen LogP contribution in [0, 0.1) is 0 Å². The SMILES string of the molecule is CN1CCO[C@@H](c2ccccc2)c2ccccc2C1.O=C(O[C@H](C(=O)O)[C@H](OC(=O)c1ccccc1)C(=O)O)c1ccccc1. The van der Waals surface area contributed by atoms with Gasteiger partial charge < -0.3 is 24.4 Å². The molecule has 0 aromatic heterocycles. The Morgan fingerprint density at radius 3 is 1.62 bits per heavy atom. The molecular formula is C35H33NO9. The lowest BCUT2D eigenvalue weighted by Gasteiger charge is -2.28. The first kappa shape index (κ1) is 32.6. The minimum Gasteiger partial charge on any atom is -0.478 e. The number of ether oxygens (including phenoxy) is 3. The minimum absolute atomic E-state index is 0.0253. The van der Waals surface area contributed by atoms with Gasteiger partial charge in [-0.25, -0.2) is 19.2 Å². The van der Waals surface area contributed by atoms with E-state index in [2.05, 4.69) is 60.5 Å². The van der Waals surface area contributed by atoms with Gasteiger partial charge in [0.25, 0.3) is 0 Å². The van der Waals surface area contributed by atoms with Gasteiger partial charge in [-0.05, 0) is 48.0 Å². The summed E-state index contributed by atoms with van der Waals surface area (Å²) in [5.41, 5.74) is 3.94. The average molecular weight is 612 g/mol. The molecule has 0 unspecified atom stereocenters.